The fourth-order valence-electron chi connectivity index (χ4n) is 4.31. The second-order valence-corrected chi connectivity index (χ2v) is 9.46. The Morgan fingerprint density at radius 1 is 1.00 bits per heavy atom. The third-order valence-corrected chi connectivity index (χ3v) is 7.17. The van der Waals surface area contributed by atoms with Crippen molar-refractivity contribution in [3.05, 3.63) is 12.2 Å². The molecule has 2 atom stereocenters. The standard InChI is InChI=1S/C18H30N2O3S/c1-24(22,23)20(16-9-5-10-16)17-11-6-13-19(14-12-17)18(21)15-7-3-2-4-8-15/h2-3,15-17H,4-14H2,1H3. The zero-order chi connectivity index (χ0) is 17.2. The predicted octanol–water partition coefficient (Wildman–Crippen LogP) is 2.54. The van der Waals surface area contributed by atoms with Crippen LogP contribution in [0.25, 0.3) is 0 Å². The molecule has 0 radical (unpaired) electrons. The highest BCUT2D eigenvalue weighted by Crippen LogP contribution is 2.32. The van der Waals surface area contributed by atoms with Crippen LogP contribution < -0.4 is 0 Å². The average Bonchev–Trinajstić information content (AvgIpc) is 2.75. The molecule has 2 aliphatic carbocycles. The van der Waals surface area contributed by atoms with E-state index in [-0.39, 0.29) is 23.9 Å². The lowest BCUT2D eigenvalue weighted by Crippen LogP contribution is -2.50. The van der Waals surface area contributed by atoms with Gasteiger partial charge in [0.2, 0.25) is 15.9 Å². The lowest BCUT2D eigenvalue weighted by molar-refractivity contribution is -0.135. The van der Waals surface area contributed by atoms with Crippen LogP contribution in [-0.4, -0.2) is 55.0 Å². The molecule has 0 spiro atoms. The van der Waals surface area contributed by atoms with E-state index in [1.54, 1.807) is 4.31 Å². The molecule has 136 valence electrons. The third kappa shape index (κ3) is 4.02. The molecule has 0 aromatic heterocycles. The van der Waals surface area contributed by atoms with Crippen LogP contribution >= 0.6 is 0 Å². The van der Waals surface area contributed by atoms with E-state index in [0.29, 0.717) is 6.54 Å². The van der Waals surface area contributed by atoms with E-state index < -0.39 is 10.0 Å². The molecule has 2 unspecified atom stereocenters. The number of rotatable bonds is 4. The average molecular weight is 355 g/mol. The highest BCUT2D eigenvalue weighted by atomic mass is 32.2. The number of allylic oxidation sites excluding steroid dienone is 2. The van der Waals surface area contributed by atoms with Crippen molar-refractivity contribution in [2.24, 2.45) is 5.92 Å². The molecule has 3 aliphatic rings. The van der Waals surface area contributed by atoms with Crippen molar-refractivity contribution in [1.82, 2.24) is 9.21 Å². The largest absolute Gasteiger partial charge is 0.342 e. The fourth-order valence-corrected chi connectivity index (χ4v) is 5.82. The highest BCUT2D eigenvalue weighted by molar-refractivity contribution is 7.88. The Morgan fingerprint density at radius 2 is 1.71 bits per heavy atom. The van der Waals surface area contributed by atoms with E-state index in [1.807, 2.05) is 4.90 Å². The topological polar surface area (TPSA) is 57.7 Å². The number of nitrogens with zero attached hydrogens (tertiary/aromatic N) is 2. The van der Waals surface area contributed by atoms with Crippen LogP contribution in [0.5, 0.6) is 0 Å². The zero-order valence-electron chi connectivity index (χ0n) is 14.7. The third-order valence-electron chi connectivity index (χ3n) is 5.81. The van der Waals surface area contributed by atoms with Crippen LogP contribution in [0.3, 0.4) is 0 Å². The minimum absolute atomic E-state index is 0.0642. The lowest BCUT2D eigenvalue weighted by Gasteiger charge is -2.40. The van der Waals surface area contributed by atoms with E-state index in [1.165, 1.54) is 6.26 Å². The number of likely N-dealkylation sites (tertiary alicyclic amines) is 1. The lowest BCUT2D eigenvalue weighted by atomic mass is 9.91. The van der Waals surface area contributed by atoms with Gasteiger partial charge in [0.15, 0.2) is 0 Å². The molecule has 1 amide bonds. The maximum absolute atomic E-state index is 12.7. The van der Waals surface area contributed by atoms with Crippen LogP contribution in [-0.2, 0) is 14.8 Å². The number of carbonyl (C=O) groups is 1. The SMILES string of the molecule is CS(=O)(=O)N(C1CCC1)C1CCCN(C(=O)C2CC=CCC2)CC1. The summed E-state index contributed by atoms with van der Waals surface area (Å²) in [7, 11) is -3.18. The van der Waals surface area contributed by atoms with Gasteiger partial charge in [0.1, 0.15) is 0 Å². The van der Waals surface area contributed by atoms with Crippen molar-refractivity contribution in [1.29, 1.82) is 0 Å². The minimum Gasteiger partial charge on any atom is -0.342 e. The molecule has 0 N–H and O–H groups in total. The summed E-state index contributed by atoms with van der Waals surface area (Å²) < 4.78 is 26.3. The Hall–Kier alpha value is -0.880. The first-order chi connectivity index (χ1) is 11.5. The molecular weight excluding hydrogens is 324 g/mol. The number of hydrogen-bond donors (Lipinski definition) is 0. The normalized spacial score (nSPS) is 29.3. The van der Waals surface area contributed by atoms with Crippen molar-refractivity contribution in [2.75, 3.05) is 19.3 Å². The van der Waals surface area contributed by atoms with Gasteiger partial charge in [-0.2, -0.15) is 4.31 Å². The van der Waals surface area contributed by atoms with E-state index in [2.05, 4.69) is 12.2 Å². The van der Waals surface area contributed by atoms with E-state index in [4.69, 9.17) is 0 Å². The summed E-state index contributed by atoms with van der Waals surface area (Å²) in [5.74, 6) is 0.402. The van der Waals surface area contributed by atoms with Crippen molar-refractivity contribution in [3.8, 4) is 0 Å². The van der Waals surface area contributed by atoms with Gasteiger partial charge in [-0.3, -0.25) is 4.79 Å². The fraction of sp³-hybridized carbons (Fsp3) is 0.833. The Morgan fingerprint density at radius 3 is 2.29 bits per heavy atom. The van der Waals surface area contributed by atoms with E-state index in [9.17, 15) is 13.2 Å². The molecule has 0 aromatic carbocycles. The van der Waals surface area contributed by atoms with Crippen LogP contribution in [0.15, 0.2) is 12.2 Å². The van der Waals surface area contributed by atoms with E-state index >= 15 is 0 Å². The highest BCUT2D eigenvalue weighted by Gasteiger charge is 2.38. The van der Waals surface area contributed by atoms with Gasteiger partial charge in [-0.1, -0.05) is 18.6 Å². The maximum Gasteiger partial charge on any atom is 0.226 e. The first-order valence-corrected chi connectivity index (χ1v) is 11.2. The quantitative estimate of drug-likeness (QED) is 0.729. The van der Waals surface area contributed by atoms with Crippen molar-refractivity contribution in [2.45, 2.75) is 69.9 Å². The van der Waals surface area contributed by atoms with Crippen molar-refractivity contribution >= 4 is 15.9 Å². The van der Waals surface area contributed by atoms with Gasteiger partial charge in [-0.25, -0.2) is 8.42 Å². The molecule has 1 saturated heterocycles. The smallest absolute Gasteiger partial charge is 0.226 e. The molecule has 24 heavy (non-hydrogen) atoms. The van der Waals surface area contributed by atoms with Gasteiger partial charge in [-0.05, 0) is 51.4 Å². The van der Waals surface area contributed by atoms with Crippen molar-refractivity contribution < 1.29 is 13.2 Å². The Bertz CT molecular complexity index is 583. The minimum atomic E-state index is -3.18. The molecule has 0 bridgehead atoms. The van der Waals surface area contributed by atoms with Gasteiger partial charge < -0.3 is 4.90 Å². The summed E-state index contributed by atoms with van der Waals surface area (Å²) >= 11 is 0. The molecule has 1 saturated carbocycles. The molecule has 2 fully saturated rings. The van der Waals surface area contributed by atoms with Gasteiger partial charge in [0, 0.05) is 31.1 Å². The Kier molecular flexibility index (Phi) is 5.65. The van der Waals surface area contributed by atoms with Crippen LogP contribution in [0, 0.1) is 5.92 Å². The summed E-state index contributed by atoms with van der Waals surface area (Å²) in [6.45, 7) is 1.47. The van der Waals surface area contributed by atoms with Gasteiger partial charge in [0.05, 0.1) is 6.26 Å². The number of amides is 1. The summed E-state index contributed by atoms with van der Waals surface area (Å²) in [5.41, 5.74) is 0. The molecule has 6 heteroatoms. The molecule has 0 aromatic rings. The van der Waals surface area contributed by atoms with Crippen LogP contribution in [0.2, 0.25) is 0 Å². The van der Waals surface area contributed by atoms with Crippen LogP contribution in [0.1, 0.15) is 57.8 Å². The molecule has 1 heterocycles. The summed E-state index contributed by atoms with van der Waals surface area (Å²) in [4.78, 5) is 14.7. The molecule has 5 nitrogen and oxygen atoms in total. The second kappa shape index (κ2) is 7.56. The number of hydrogen-bond acceptors (Lipinski definition) is 3. The summed E-state index contributed by atoms with van der Waals surface area (Å²) in [6.07, 6.45) is 14.1. The maximum atomic E-state index is 12.7. The molecule has 3 rings (SSSR count). The van der Waals surface area contributed by atoms with Gasteiger partial charge >= 0.3 is 0 Å². The first kappa shape index (κ1) is 17.9. The first-order valence-electron chi connectivity index (χ1n) is 9.39. The number of sulfonamides is 1. The zero-order valence-corrected chi connectivity index (χ0v) is 15.5. The molecular formula is C18H30N2O3S. The van der Waals surface area contributed by atoms with E-state index in [0.717, 1.165) is 64.3 Å². The Balaban J connectivity index is 1.63. The number of carbonyl (C=O) groups excluding carboxylic acids is 1. The summed E-state index contributed by atoms with van der Waals surface area (Å²) in [6, 6.07) is 0.255. The monoisotopic (exact) mass is 354 g/mol. The summed E-state index contributed by atoms with van der Waals surface area (Å²) in [5, 5.41) is 0. The van der Waals surface area contributed by atoms with Gasteiger partial charge in [0.25, 0.3) is 0 Å². The van der Waals surface area contributed by atoms with Crippen LogP contribution in [0.4, 0.5) is 0 Å². The second-order valence-electron chi connectivity index (χ2n) is 7.57. The van der Waals surface area contributed by atoms with Gasteiger partial charge in [-0.15, -0.1) is 0 Å². The predicted molar refractivity (Wildman–Crippen MR) is 95.0 cm³/mol. The van der Waals surface area contributed by atoms with Crippen molar-refractivity contribution in [3.63, 3.8) is 0 Å². The Labute approximate surface area is 146 Å². The molecule has 1 aliphatic heterocycles.